The predicted molar refractivity (Wildman–Crippen MR) is 104 cm³/mol. The van der Waals surface area contributed by atoms with Gasteiger partial charge in [-0.2, -0.15) is 0 Å². The molecule has 2 aromatic carbocycles. The monoisotopic (exact) mass is 417 g/mol. The first-order valence-corrected chi connectivity index (χ1v) is 8.93. The van der Waals surface area contributed by atoms with Gasteiger partial charge in [-0.05, 0) is 23.3 Å². The zero-order valence-corrected chi connectivity index (χ0v) is 16.0. The van der Waals surface area contributed by atoms with Gasteiger partial charge in [0.2, 0.25) is 11.8 Å². The lowest BCUT2D eigenvalue weighted by molar-refractivity contribution is -0.384. The maximum absolute atomic E-state index is 13.1. The molecule has 0 heterocycles. The van der Waals surface area contributed by atoms with Crippen molar-refractivity contribution in [3.63, 3.8) is 0 Å². The Morgan fingerprint density at radius 3 is 1.93 bits per heavy atom. The molecule has 158 valence electrons. The number of halogens is 1. The Bertz CT molecular complexity index is 931. The average molecular weight is 417 g/mol. The number of hydrogen-bond donors (Lipinski definition) is 3. The Morgan fingerprint density at radius 2 is 1.47 bits per heavy atom. The molecule has 2 amide bonds. The molecule has 10 heteroatoms. The number of benzene rings is 2. The number of carboxylic acids is 1. The maximum atomic E-state index is 13.1. The summed E-state index contributed by atoms with van der Waals surface area (Å²) in [7, 11) is 0. The largest absolute Gasteiger partial charge is 0.480 e. The number of nitro benzene ring substituents is 1. The van der Waals surface area contributed by atoms with Gasteiger partial charge in [-0.1, -0.05) is 24.3 Å². The SMILES string of the molecule is CC(=O)N[C@@H](Cc1ccc(F)cc1)C(=O)N[C@H](Cc1ccc([N+](=O)[O-])cc1)C(=O)O. The van der Waals surface area contributed by atoms with E-state index in [0.717, 1.165) is 0 Å². The molecular formula is C20H20FN3O6. The number of carboxylic acid groups (broad SMARTS) is 1. The summed E-state index contributed by atoms with van der Waals surface area (Å²) in [6.07, 6.45) is -0.0715. The molecule has 0 fully saturated rings. The Hall–Kier alpha value is -3.82. The lowest BCUT2D eigenvalue weighted by Crippen LogP contribution is -2.52. The van der Waals surface area contributed by atoms with Gasteiger partial charge in [0, 0.05) is 31.9 Å². The number of hydrogen-bond acceptors (Lipinski definition) is 5. The maximum Gasteiger partial charge on any atom is 0.326 e. The summed E-state index contributed by atoms with van der Waals surface area (Å²) in [4.78, 5) is 45.9. The number of amides is 2. The molecule has 2 atom stereocenters. The van der Waals surface area contributed by atoms with Gasteiger partial charge in [-0.3, -0.25) is 19.7 Å². The fraction of sp³-hybridized carbons (Fsp3) is 0.250. The molecule has 9 nitrogen and oxygen atoms in total. The normalized spacial score (nSPS) is 12.5. The van der Waals surface area contributed by atoms with Gasteiger partial charge in [0.05, 0.1) is 4.92 Å². The van der Waals surface area contributed by atoms with Crippen molar-refractivity contribution in [2.45, 2.75) is 31.8 Å². The summed E-state index contributed by atoms with van der Waals surface area (Å²) in [5.41, 5.74) is 0.912. The molecule has 30 heavy (non-hydrogen) atoms. The van der Waals surface area contributed by atoms with Crippen LogP contribution < -0.4 is 10.6 Å². The smallest absolute Gasteiger partial charge is 0.326 e. The van der Waals surface area contributed by atoms with E-state index in [4.69, 9.17) is 0 Å². The van der Waals surface area contributed by atoms with E-state index >= 15 is 0 Å². The minimum absolute atomic E-state index is 0.0373. The van der Waals surface area contributed by atoms with Gasteiger partial charge >= 0.3 is 5.97 Å². The predicted octanol–water partition coefficient (Wildman–Crippen LogP) is 1.59. The van der Waals surface area contributed by atoms with Crippen molar-refractivity contribution in [1.29, 1.82) is 0 Å². The number of carbonyl (C=O) groups excluding carboxylic acids is 2. The van der Waals surface area contributed by atoms with Crippen LogP contribution in [0.15, 0.2) is 48.5 Å². The third-order valence-electron chi connectivity index (χ3n) is 4.25. The van der Waals surface area contributed by atoms with Crippen molar-refractivity contribution in [1.82, 2.24) is 10.6 Å². The first-order chi connectivity index (χ1) is 14.2. The van der Waals surface area contributed by atoms with Crippen LogP contribution in [0.5, 0.6) is 0 Å². The van der Waals surface area contributed by atoms with E-state index in [9.17, 15) is 34.0 Å². The second kappa shape index (κ2) is 10.1. The number of rotatable bonds is 9. The van der Waals surface area contributed by atoms with Crippen LogP contribution in [0, 0.1) is 15.9 Å². The van der Waals surface area contributed by atoms with Crippen molar-refractivity contribution in [2.24, 2.45) is 0 Å². The molecule has 0 saturated carbocycles. The summed E-state index contributed by atoms with van der Waals surface area (Å²) >= 11 is 0. The Kier molecular flexibility index (Phi) is 7.56. The van der Waals surface area contributed by atoms with Crippen LogP contribution in [0.4, 0.5) is 10.1 Å². The van der Waals surface area contributed by atoms with Crippen LogP contribution in [0.3, 0.4) is 0 Å². The third kappa shape index (κ3) is 6.66. The number of nitrogens with zero attached hydrogens (tertiary/aromatic N) is 1. The molecule has 0 aliphatic carbocycles. The van der Waals surface area contributed by atoms with Crippen LogP contribution in [0.25, 0.3) is 0 Å². The van der Waals surface area contributed by atoms with E-state index in [2.05, 4.69) is 10.6 Å². The number of nitrogens with one attached hydrogen (secondary N) is 2. The molecule has 0 bridgehead atoms. The molecular weight excluding hydrogens is 397 g/mol. The highest BCUT2D eigenvalue weighted by Gasteiger charge is 2.26. The summed E-state index contributed by atoms with van der Waals surface area (Å²) < 4.78 is 13.1. The molecule has 2 rings (SSSR count). The summed E-state index contributed by atoms with van der Waals surface area (Å²) in [6, 6.07) is 8.27. The van der Waals surface area contributed by atoms with E-state index in [1.165, 1.54) is 55.5 Å². The third-order valence-corrected chi connectivity index (χ3v) is 4.25. The summed E-state index contributed by atoms with van der Waals surface area (Å²) in [6.45, 7) is 1.22. The zero-order valence-electron chi connectivity index (χ0n) is 16.0. The molecule has 0 aliphatic rings. The van der Waals surface area contributed by atoms with Gasteiger partial charge in [0.1, 0.15) is 17.9 Å². The van der Waals surface area contributed by atoms with Gasteiger partial charge in [-0.15, -0.1) is 0 Å². The van der Waals surface area contributed by atoms with Crippen LogP contribution in [0.2, 0.25) is 0 Å². The van der Waals surface area contributed by atoms with E-state index in [0.29, 0.717) is 11.1 Å². The van der Waals surface area contributed by atoms with Crippen molar-refractivity contribution >= 4 is 23.5 Å². The molecule has 0 unspecified atom stereocenters. The average Bonchev–Trinajstić information content (AvgIpc) is 2.68. The highest BCUT2D eigenvalue weighted by Crippen LogP contribution is 2.14. The molecule has 3 N–H and O–H groups in total. The Labute approximate surface area is 171 Å². The Balaban J connectivity index is 2.12. The summed E-state index contributed by atoms with van der Waals surface area (Å²) in [5, 5.41) is 25.0. The molecule has 0 aliphatic heterocycles. The van der Waals surface area contributed by atoms with Gasteiger partial charge in [0.15, 0.2) is 0 Å². The summed E-state index contributed by atoms with van der Waals surface area (Å²) in [5.74, 6) is -2.96. The number of carbonyl (C=O) groups is 3. The van der Waals surface area contributed by atoms with E-state index in [-0.39, 0.29) is 18.5 Å². The first-order valence-electron chi connectivity index (χ1n) is 8.93. The number of nitro groups is 1. The quantitative estimate of drug-likeness (QED) is 0.418. The second-order valence-electron chi connectivity index (χ2n) is 6.61. The highest BCUT2D eigenvalue weighted by atomic mass is 19.1. The van der Waals surface area contributed by atoms with Crippen LogP contribution in [0.1, 0.15) is 18.1 Å². The highest BCUT2D eigenvalue weighted by molar-refractivity contribution is 5.90. The van der Waals surface area contributed by atoms with Gasteiger partial charge < -0.3 is 15.7 Å². The zero-order chi connectivity index (χ0) is 22.3. The fourth-order valence-corrected chi connectivity index (χ4v) is 2.77. The van der Waals surface area contributed by atoms with Crippen molar-refractivity contribution < 1.29 is 28.8 Å². The second-order valence-corrected chi connectivity index (χ2v) is 6.61. The molecule has 0 aromatic heterocycles. The van der Waals surface area contributed by atoms with E-state index in [1.54, 1.807) is 0 Å². The molecule has 0 radical (unpaired) electrons. The lowest BCUT2D eigenvalue weighted by Gasteiger charge is -2.21. The fourth-order valence-electron chi connectivity index (χ4n) is 2.77. The molecule has 0 spiro atoms. The standard InChI is InChI=1S/C20H20FN3O6/c1-12(25)22-17(10-13-2-6-15(21)7-3-13)19(26)23-18(20(27)28)11-14-4-8-16(9-5-14)24(29)30/h2-9,17-18H,10-11H2,1H3,(H,22,25)(H,23,26)(H,27,28)/t17-,18+/m0/s1. The minimum Gasteiger partial charge on any atom is -0.480 e. The van der Waals surface area contributed by atoms with Crippen molar-refractivity contribution in [3.8, 4) is 0 Å². The first kappa shape index (κ1) is 22.5. The number of aliphatic carboxylic acids is 1. The number of non-ortho nitro benzene ring substituents is 1. The van der Waals surface area contributed by atoms with Gasteiger partial charge in [-0.25, -0.2) is 9.18 Å². The minimum atomic E-state index is -1.32. The topological polar surface area (TPSA) is 139 Å². The Morgan fingerprint density at radius 1 is 0.967 bits per heavy atom. The van der Waals surface area contributed by atoms with Crippen LogP contribution >= 0.6 is 0 Å². The van der Waals surface area contributed by atoms with Crippen molar-refractivity contribution in [3.05, 3.63) is 75.6 Å². The van der Waals surface area contributed by atoms with Crippen LogP contribution in [-0.2, 0) is 27.2 Å². The van der Waals surface area contributed by atoms with E-state index in [1.807, 2.05) is 0 Å². The van der Waals surface area contributed by atoms with E-state index < -0.39 is 40.6 Å². The molecule has 0 saturated heterocycles. The molecule has 2 aromatic rings. The van der Waals surface area contributed by atoms with Crippen LogP contribution in [-0.4, -0.2) is 39.9 Å². The van der Waals surface area contributed by atoms with Gasteiger partial charge in [0.25, 0.3) is 5.69 Å². The van der Waals surface area contributed by atoms with Crippen molar-refractivity contribution in [2.75, 3.05) is 0 Å². The lowest BCUT2D eigenvalue weighted by atomic mass is 10.0.